The minimum atomic E-state index is -0.741. The molecular weight excluding hydrogens is 280 g/mol. The summed E-state index contributed by atoms with van der Waals surface area (Å²) in [5.41, 5.74) is 2.19. The second-order valence-corrected chi connectivity index (χ2v) is 4.78. The van der Waals surface area contributed by atoms with E-state index in [1.807, 2.05) is 66.0 Å². The first-order valence-corrected chi connectivity index (χ1v) is 7.01. The molecule has 0 bridgehead atoms. The Bertz CT molecular complexity index is 575. The molecule has 0 aliphatic carbocycles. The predicted molar refractivity (Wildman–Crippen MR) is 82.1 cm³/mol. The zero-order chi connectivity index (χ0) is 15.8. The number of quaternary nitrogens is 1. The standard InChI is InChI=1S/C17H18N2O3/c1-22-17(21)19-15(20)12-18-16(13-8-4-2-5-9-13)14-10-6-3-7-11-14/h2-11,16,18H,12H2,1H3,(H,19,20,21)/p+1. The van der Waals surface area contributed by atoms with Gasteiger partial charge < -0.3 is 10.1 Å². The summed E-state index contributed by atoms with van der Waals surface area (Å²) in [5.74, 6) is -0.385. The van der Waals surface area contributed by atoms with Gasteiger partial charge >= 0.3 is 6.09 Å². The van der Waals surface area contributed by atoms with Gasteiger partial charge in [-0.1, -0.05) is 60.7 Å². The van der Waals surface area contributed by atoms with Crippen LogP contribution in [0.15, 0.2) is 60.7 Å². The second kappa shape index (κ2) is 7.95. The Balaban J connectivity index is 2.10. The van der Waals surface area contributed by atoms with Crippen molar-refractivity contribution in [3.63, 3.8) is 0 Å². The van der Waals surface area contributed by atoms with Gasteiger partial charge in [0.05, 0.1) is 7.11 Å². The van der Waals surface area contributed by atoms with Crippen molar-refractivity contribution < 1.29 is 19.6 Å². The van der Waals surface area contributed by atoms with Crippen molar-refractivity contribution in [1.29, 1.82) is 0 Å². The maximum absolute atomic E-state index is 11.7. The van der Waals surface area contributed by atoms with Crippen LogP contribution in [-0.2, 0) is 9.53 Å². The molecular formula is C17H19N2O3+. The van der Waals surface area contributed by atoms with Gasteiger partial charge in [0.1, 0.15) is 6.04 Å². The zero-order valence-corrected chi connectivity index (χ0v) is 12.4. The van der Waals surface area contributed by atoms with E-state index in [0.717, 1.165) is 11.1 Å². The number of methoxy groups -OCH3 is 1. The average molecular weight is 299 g/mol. The molecule has 5 nitrogen and oxygen atoms in total. The third kappa shape index (κ3) is 4.43. The fraction of sp³-hybridized carbons (Fsp3) is 0.176. The number of imide groups is 1. The molecule has 0 atom stereocenters. The molecule has 0 saturated carbocycles. The molecule has 3 N–H and O–H groups in total. The Kier molecular flexibility index (Phi) is 5.68. The van der Waals surface area contributed by atoms with Gasteiger partial charge in [-0.15, -0.1) is 0 Å². The molecule has 114 valence electrons. The lowest BCUT2D eigenvalue weighted by Gasteiger charge is -2.16. The largest absolute Gasteiger partial charge is 0.453 e. The molecule has 2 amide bonds. The van der Waals surface area contributed by atoms with E-state index >= 15 is 0 Å². The number of benzene rings is 2. The predicted octanol–water partition coefficient (Wildman–Crippen LogP) is 1.22. The number of amides is 2. The highest BCUT2D eigenvalue weighted by Gasteiger charge is 2.19. The fourth-order valence-corrected chi connectivity index (χ4v) is 2.23. The van der Waals surface area contributed by atoms with Crippen molar-refractivity contribution in [2.24, 2.45) is 0 Å². The molecule has 0 aliphatic rings. The number of hydrogen-bond acceptors (Lipinski definition) is 3. The smallest absolute Gasteiger partial charge is 0.413 e. The van der Waals surface area contributed by atoms with Crippen LogP contribution in [0.25, 0.3) is 0 Å². The molecule has 0 fully saturated rings. The Labute approximate surface area is 129 Å². The van der Waals surface area contributed by atoms with Gasteiger partial charge in [0, 0.05) is 11.1 Å². The third-order valence-electron chi connectivity index (χ3n) is 3.28. The van der Waals surface area contributed by atoms with Crippen LogP contribution >= 0.6 is 0 Å². The Hall–Kier alpha value is -2.66. The number of nitrogens with one attached hydrogen (secondary N) is 1. The third-order valence-corrected chi connectivity index (χ3v) is 3.28. The summed E-state index contributed by atoms with van der Waals surface area (Å²) in [6.07, 6.45) is -0.741. The average Bonchev–Trinajstić information content (AvgIpc) is 2.57. The van der Waals surface area contributed by atoms with E-state index in [-0.39, 0.29) is 18.5 Å². The highest BCUT2D eigenvalue weighted by Crippen LogP contribution is 2.17. The number of hydrogen-bond donors (Lipinski definition) is 2. The highest BCUT2D eigenvalue weighted by molar-refractivity contribution is 5.92. The molecule has 0 aliphatic heterocycles. The number of alkyl carbamates (subject to hydrolysis) is 1. The molecule has 22 heavy (non-hydrogen) atoms. The number of nitrogens with two attached hydrogens (primary N) is 1. The lowest BCUT2D eigenvalue weighted by atomic mass is 9.99. The maximum atomic E-state index is 11.7. The summed E-state index contributed by atoms with van der Waals surface area (Å²) >= 11 is 0. The number of carbonyl (C=O) groups excluding carboxylic acids is 2. The Morgan fingerprint density at radius 2 is 1.50 bits per heavy atom. The van der Waals surface area contributed by atoms with Gasteiger partial charge in [-0.25, -0.2) is 4.79 Å². The summed E-state index contributed by atoms with van der Waals surface area (Å²) in [5, 5.41) is 4.05. The first-order chi connectivity index (χ1) is 10.7. The van der Waals surface area contributed by atoms with Crippen LogP contribution in [0.2, 0.25) is 0 Å². The molecule has 0 aromatic heterocycles. The van der Waals surface area contributed by atoms with E-state index in [2.05, 4.69) is 10.1 Å². The van der Waals surface area contributed by atoms with Gasteiger partial charge in [-0.3, -0.25) is 10.1 Å². The van der Waals surface area contributed by atoms with Gasteiger partial charge in [0.25, 0.3) is 5.91 Å². The summed E-state index contributed by atoms with van der Waals surface area (Å²) in [6.45, 7) is 0.129. The minimum absolute atomic E-state index is 0.00852. The van der Waals surface area contributed by atoms with Crippen molar-refractivity contribution in [2.45, 2.75) is 6.04 Å². The monoisotopic (exact) mass is 299 g/mol. The summed E-state index contributed by atoms with van der Waals surface area (Å²) in [6, 6.07) is 19.8. The van der Waals surface area contributed by atoms with Crippen molar-refractivity contribution >= 4 is 12.0 Å². The number of ether oxygens (including phenoxy) is 1. The normalized spacial score (nSPS) is 10.3. The summed E-state index contributed by atoms with van der Waals surface area (Å²) < 4.78 is 4.41. The van der Waals surface area contributed by atoms with Crippen LogP contribution in [0.4, 0.5) is 4.79 Å². The maximum Gasteiger partial charge on any atom is 0.413 e. The van der Waals surface area contributed by atoms with Gasteiger partial charge in [-0.2, -0.15) is 0 Å². The lowest BCUT2D eigenvalue weighted by Crippen LogP contribution is -2.87. The first-order valence-electron chi connectivity index (χ1n) is 7.01. The van der Waals surface area contributed by atoms with Crippen molar-refractivity contribution in [3.05, 3.63) is 71.8 Å². The highest BCUT2D eigenvalue weighted by atomic mass is 16.5. The number of rotatable bonds is 5. The van der Waals surface area contributed by atoms with E-state index in [1.165, 1.54) is 7.11 Å². The molecule has 2 aromatic rings. The van der Waals surface area contributed by atoms with Crippen LogP contribution in [-0.4, -0.2) is 25.7 Å². The van der Waals surface area contributed by atoms with Crippen LogP contribution in [0.1, 0.15) is 17.2 Å². The molecule has 0 saturated heterocycles. The SMILES string of the molecule is COC(=O)NC(=O)C[NH2+]C(c1ccccc1)c1ccccc1. The Morgan fingerprint density at radius 1 is 1.00 bits per heavy atom. The van der Waals surface area contributed by atoms with Crippen molar-refractivity contribution in [2.75, 3.05) is 13.7 Å². The zero-order valence-electron chi connectivity index (χ0n) is 12.4. The van der Waals surface area contributed by atoms with Gasteiger partial charge in [0.15, 0.2) is 6.54 Å². The molecule has 5 heteroatoms. The van der Waals surface area contributed by atoms with Gasteiger partial charge in [-0.05, 0) is 0 Å². The van der Waals surface area contributed by atoms with E-state index in [1.54, 1.807) is 0 Å². The van der Waals surface area contributed by atoms with Crippen molar-refractivity contribution in [1.82, 2.24) is 5.32 Å². The van der Waals surface area contributed by atoms with Crippen LogP contribution in [0.5, 0.6) is 0 Å². The van der Waals surface area contributed by atoms with E-state index in [4.69, 9.17) is 0 Å². The van der Waals surface area contributed by atoms with E-state index < -0.39 is 6.09 Å². The van der Waals surface area contributed by atoms with Crippen LogP contribution < -0.4 is 10.6 Å². The Morgan fingerprint density at radius 3 is 1.95 bits per heavy atom. The molecule has 2 rings (SSSR count). The molecule has 0 radical (unpaired) electrons. The molecule has 2 aromatic carbocycles. The topological polar surface area (TPSA) is 72.0 Å². The lowest BCUT2D eigenvalue weighted by molar-refractivity contribution is -0.676. The first kappa shape index (κ1) is 15.7. The molecule has 0 unspecified atom stereocenters. The molecule has 0 heterocycles. The van der Waals surface area contributed by atoms with Crippen LogP contribution in [0.3, 0.4) is 0 Å². The fourth-order valence-electron chi connectivity index (χ4n) is 2.23. The number of carbonyl (C=O) groups is 2. The van der Waals surface area contributed by atoms with Gasteiger partial charge in [0.2, 0.25) is 0 Å². The second-order valence-electron chi connectivity index (χ2n) is 4.78. The minimum Gasteiger partial charge on any atom is -0.453 e. The van der Waals surface area contributed by atoms with Crippen LogP contribution in [0, 0.1) is 0 Å². The summed E-state index contributed by atoms with van der Waals surface area (Å²) in [4.78, 5) is 22.8. The van der Waals surface area contributed by atoms with E-state index in [9.17, 15) is 9.59 Å². The molecule has 0 spiro atoms. The quantitative estimate of drug-likeness (QED) is 0.872. The van der Waals surface area contributed by atoms with E-state index in [0.29, 0.717) is 0 Å². The summed E-state index contributed by atoms with van der Waals surface area (Å²) in [7, 11) is 1.23. The van der Waals surface area contributed by atoms with Crippen molar-refractivity contribution in [3.8, 4) is 0 Å².